The highest BCUT2D eigenvalue weighted by Crippen LogP contribution is 2.36. The zero-order chi connectivity index (χ0) is 20.1. The summed E-state index contributed by atoms with van der Waals surface area (Å²) < 4.78 is 5.60. The maximum Gasteiger partial charge on any atom is 0.338 e. The number of esters is 1. The van der Waals surface area contributed by atoms with E-state index in [1.807, 2.05) is 6.92 Å². The fourth-order valence-electron chi connectivity index (χ4n) is 2.60. The van der Waals surface area contributed by atoms with E-state index in [-0.39, 0.29) is 17.6 Å². The van der Waals surface area contributed by atoms with Gasteiger partial charge >= 0.3 is 5.97 Å². The van der Waals surface area contributed by atoms with Gasteiger partial charge in [-0.2, -0.15) is 0 Å². The average Bonchev–Trinajstić information content (AvgIpc) is 2.95. The largest absolute Gasteiger partial charge is 0.508 e. The Hall–Kier alpha value is -2.64. The second-order valence-corrected chi connectivity index (χ2v) is 7.82. The molecule has 5 nitrogen and oxygen atoms in total. The molecule has 2 aromatic rings. The normalized spacial score (nSPS) is 15.3. The molecule has 1 fully saturated rings. The number of carbonyl (C=O) groups excluding carboxylic acids is 2. The SMILES string of the molecule is CCCCOC(=O)c1ccc(N2C(=O)/C(=C/c3cccc(O)c3)SC2=S)cc1. The number of rotatable bonds is 6. The van der Waals surface area contributed by atoms with E-state index in [1.165, 1.54) is 16.7 Å². The number of benzene rings is 2. The van der Waals surface area contributed by atoms with Gasteiger partial charge in [0.2, 0.25) is 0 Å². The smallest absolute Gasteiger partial charge is 0.338 e. The monoisotopic (exact) mass is 413 g/mol. The first-order valence-electron chi connectivity index (χ1n) is 8.84. The average molecular weight is 414 g/mol. The molecule has 144 valence electrons. The van der Waals surface area contributed by atoms with Crippen molar-refractivity contribution in [3.8, 4) is 5.75 Å². The number of aromatic hydroxyl groups is 1. The van der Waals surface area contributed by atoms with Crippen molar-refractivity contribution in [2.24, 2.45) is 0 Å². The third-order valence-electron chi connectivity index (χ3n) is 4.05. The number of thioether (sulfide) groups is 1. The van der Waals surface area contributed by atoms with E-state index in [0.29, 0.717) is 32.6 Å². The number of ether oxygens (including phenoxy) is 1. The van der Waals surface area contributed by atoms with Crippen LogP contribution >= 0.6 is 24.0 Å². The molecule has 7 heteroatoms. The molecular formula is C21H19NO4S2. The van der Waals surface area contributed by atoms with E-state index in [1.54, 1.807) is 54.6 Å². The van der Waals surface area contributed by atoms with Gasteiger partial charge in [-0.1, -0.05) is 49.5 Å². The van der Waals surface area contributed by atoms with E-state index in [9.17, 15) is 14.7 Å². The molecule has 0 radical (unpaired) electrons. The Labute approximate surface area is 173 Å². The van der Waals surface area contributed by atoms with Crippen LogP contribution in [-0.2, 0) is 9.53 Å². The van der Waals surface area contributed by atoms with Crippen LogP contribution < -0.4 is 4.90 Å². The Morgan fingerprint density at radius 1 is 1.25 bits per heavy atom. The molecule has 0 aromatic heterocycles. The Morgan fingerprint density at radius 2 is 2.00 bits per heavy atom. The molecule has 1 heterocycles. The quantitative estimate of drug-likeness (QED) is 0.319. The van der Waals surface area contributed by atoms with Crippen LogP contribution in [0.3, 0.4) is 0 Å². The van der Waals surface area contributed by atoms with Gasteiger partial charge in [-0.15, -0.1) is 0 Å². The minimum absolute atomic E-state index is 0.130. The molecule has 1 aliphatic rings. The molecule has 0 atom stereocenters. The second kappa shape index (κ2) is 9.03. The number of unbranched alkanes of at least 4 members (excludes halogenated alkanes) is 1. The van der Waals surface area contributed by atoms with Crippen molar-refractivity contribution in [2.75, 3.05) is 11.5 Å². The van der Waals surface area contributed by atoms with Gasteiger partial charge in [-0.05, 0) is 54.5 Å². The maximum absolute atomic E-state index is 12.8. The van der Waals surface area contributed by atoms with Crippen LogP contribution in [0.5, 0.6) is 5.75 Å². The fourth-order valence-corrected chi connectivity index (χ4v) is 3.89. The van der Waals surface area contributed by atoms with E-state index in [0.717, 1.165) is 12.8 Å². The lowest BCUT2D eigenvalue weighted by molar-refractivity contribution is -0.113. The molecule has 3 rings (SSSR count). The summed E-state index contributed by atoms with van der Waals surface area (Å²) >= 11 is 6.56. The lowest BCUT2D eigenvalue weighted by Gasteiger charge is -2.14. The molecular weight excluding hydrogens is 394 g/mol. The number of hydrogen-bond acceptors (Lipinski definition) is 6. The number of hydrogen-bond donors (Lipinski definition) is 1. The molecule has 1 aliphatic heterocycles. The van der Waals surface area contributed by atoms with Gasteiger partial charge in [0.05, 0.1) is 22.8 Å². The molecule has 1 amide bonds. The topological polar surface area (TPSA) is 66.8 Å². The number of phenolic OH excluding ortho intramolecular Hbond substituents is 1. The standard InChI is InChI=1S/C21H19NO4S2/c1-2-3-11-26-20(25)15-7-9-16(10-8-15)22-19(24)18(28-21(22)27)13-14-5-4-6-17(23)12-14/h4-10,12-13,23H,2-3,11H2,1H3/b18-13-. The highest BCUT2D eigenvalue weighted by atomic mass is 32.2. The summed E-state index contributed by atoms with van der Waals surface area (Å²) in [7, 11) is 0. The van der Waals surface area contributed by atoms with Crippen molar-refractivity contribution in [1.29, 1.82) is 0 Å². The maximum atomic E-state index is 12.8. The van der Waals surface area contributed by atoms with E-state index in [4.69, 9.17) is 17.0 Å². The van der Waals surface area contributed by atoms with Gasteiger partial charge < -0.3 is 9.84 Å². The lowest BCUT2D eigenvalue weighted by Crippen LogP contribution is -2.27. The van der Waals surface area contributed by atoms with Gasteiger partial charge in [0.1, 0.15) is 5.75 Å². The molecule has 0 unspecified atom stereocenters. The number of anilines is 1. The predicted molar refractivity (Wildman–Crippen MR) is 115 cm³/mol. The molecule has 0 spiro atoms. The highest BCUT2D eigenvalue weighted by molar-refractivity contribution is 8.27. The van der Waals surface area contributed by atoms with Crippen LogP contribution in [-0.4, -0.2) is 27.9 Å². The summed E-state index contributed by atoms with van der Waals surface area (Å²) in [5.74, 6) is -0.489. The molecule has 0 bridgehead atoms. The number of phenols is 1. The highest BCUT2D eigenvalue weighted by Gasteiger charge is 2.33. The van der Waals surface area contributed by atoms with E-state index >= 15 is 0 Å². The Morgan fingerprint density at radius 3 is 2.68 bits per heavy atom. The predicted octanol–water partition coefficient (Wildman–Crippen LogP) is 4.75. The van der Waals surface area contributed by atoms with Crippen LogP contribution in [0.25, 0.3) is 6.08 Å². The lowest BCUT2D eigenvalue weighted by atomic mass is 10.2. The first-order chi connectivity index (χ1) is 13.5. The Balaban J connectivity index is 1.75. The van der Waals surface area contributed by atoms with Gasteiger partial charge in [-0.25, -0.2) is 4.79 Å². The van der Waals surface area contributed by atoms with Crippen LogP contribution in [0.1, 0.15) is 35.7 Å². The van der Waals surface area contributed by atoms with Crippen molar-refractivity contribution in [1.82, 2.24) is 0 Å². The molecule has 2 aromatic carbocycles. The van der Waals surface area contributed by atoms with Gasteiger partial charge in [0.15, 0.2) is 4.32 Å². The third-order valence-corrected chi connectivity index (χ3v) is 5.36. The number of amides is 1. The zero-order valence-electron chi connectivity index (χ0n) is 15.3. The number of carbonyl (C=O) groups is 2. The second-order valence-electron chi connectivity index (χ2n) is 6.15. The minimum Gasteiger partial charge on any atom is -0.508 e. The molecule has 1 N–H and O–H groups in total. The summed E-state index contributed by atoms with van der Waals surface area (Å²) in [4.78, 5) is 26.7. The van der Waals surface area contributed by atoms with Crippen LogP contribution in [0.15, 0.2) is 53.4 Å². The van der Waals surface area contributed by atoms with Gasteiger partial charge in [0, 0.05) is 0 Å². The summed E-state index contributed by atoms with van der Waals surface area (Å²) in [5.41, 5.74) is 1.73. The molecule has 28 heavy (non-hydrogen) atoms. The summed E-state index contributed by atoms with van der Waals surface area (Å²) in [6.45, 7) is 2.42. The first kappa shape index (κ1) is 20.1. The van der Waals surface area contributed by atoms with Gasteiger partial charge in [0.25, 0.3) is 5.91 Å². The summed E-state index contributed by atoms with van der Waals surface area (Å²) in [6.07, 6.45) is 3.47. The Kier molecular flexibility index (Phi) is 6.49. The van der Waals surface area contributed by atoms with Crippen molar-refractivity contribution in [3.63, 3.8) is 0 Å². The van der Waals surface area contributed by atoms with Crippen molar-refractivity contribution in [3.05, 3.63) is 64.6 Å². The third kappa shape index (κ3) is 4.61. The fraction of sp³-hybridized carbons (Fsp3) is 0.190. The molecule has 0 aliphatic carbocycles. The molecule has 0 saturated carbocycles. The van der Waals surface area contributed by atoms with E-state index in [2.05, 4.69) is 0 Å². The minimum atomic E-state index is -0.380. The van der Waals surface area contributed by atoms with Crippen molar-refractivity contribution >= 4 is 51.9 Å². The number of thiocarbonyl (C=S) groups is 1. The van der Waals surface area contributed by atoms with Crippen LogP contribution in [0, 0.1) is 0 Å². The number of nitrogens with zero attached hydrogens (tertiary/aromatic N) is 1. The van der Waals surface area contributed by atoms with Crippen LogP contribution in [0.4, 0.5) is 5.69 Å². The van der Waals surface area contributed by atoms with Crippen molar-refractivity contribution in [2.45, 2.75) is 19.8 Å². The summed E-state index contributed by atoms with van der Waals surface area (Å²) in [6, 6.07) is 13.3. The molecule has 1 saturated heterocycles. The zero-order valence-corrected chi connectivity index (χ0v) is 16.9. The van der Waals surface area contributed by atoms with E-state index < -0.39 is 0 Å². The van der Waals surface area contributed by atoms with Crippen molar-refractivity contribution < 1.29 is 19.4 Å². The van der Waals surface area contributed by atoms with Crippen LogP contribution in [0.2, 0.25) is 0 Å². The first-order valence-corrected chi connectivity index (χ1v) is 10.1. The van der Waals surface area contributed by atoms with Gasteiger partial charge in [-0.3, -0.25) is 9.69 Å². The summed E-state index contributed by atoms with van der Waals surface area (Å²) in [5, 5.41) is 9.58. The Bertz CT molecular complexity index is 938.